The molecule has 1 unspecified atom stereocenters. The molecule has 1 aliphatic rings. The first kappa shape index (κ1) is 13.7. The third kappa shape index (κ3) is 2.50. The van der Waals surface area contributed by atoms with E-state index in [1.54, 1.807) is 12.3 Å². The minimum atomic E-state index is 0.291. The van der Waals surface area contributed by atoms with Gasteiger partial charge in [-0.15, -0.1) is 5.10 Å². The molecule has 7 nitrogen and oxygen atoms in total. The lowest BCUT2D eigenvalue weighted by atomic mass is 10.1. The molecule has 4 rings (SSSR count). The van der Waals surface area contributed by atoms with Gasteiger partial charge in [-0.05, 0) is 31.9 Å². The number of nitrogens with one attached hydrogen (secondary N) is 1. The SMILES string of the molecule is Cc1cc(Nc2cnnc(N3c4ccccc4CC3C)n2)no1. The van der Waals surface area contributed by atoms with Crippen LogP contribution in [0.1, 0.15) is 18.2 Å². The van der Waals surface area contributed by atoms with Crippen molar-refractivity contribution in [3.8, 4) is 0 Å². The summed E-state index contributed by atoms with van der Waals surface area (Å²) in [6.45, 7) is 4.00. The highest BCUT2D eigenvalue weighted by atomic mass is 16.5. The van der Waals surface area contributed by atoms with Crippen molar-refractivity contribution in [3.05, 3.63) is 47.9 Å². The Bertz CT molecular complexity index is 846. The molecule has 3 aromatic rings. The molecule has 1 aliphatic heterocycles. The Kier molecular flexibility index (Phi) is 3.18. The number of anilines is 4. The summed E-state index contributed by atoms with van der Waals surface area (Å²) < 4.78 is 5.04. The van der Waals surface area contributed by atoms with Crippen LogP contribution >= 0.6 is 0 Å². The first-order valence-corrected chi connectivity index (χ1v) is 7.48. The summed E-state index contributed by atoms with van der Waals surface area (Å²) in [6, 6.07) is 10.4. The minimum Gasteiger partial charge on any atom is -0.360 e. The van der Waals surface area contributed by atoms with Gasteiger partial charge in [0.05, 0.1) is 6.20 Å². The van der Waals surface area contributed by atoms with Gasteiger partial charge in [-0.2, -0.15) is 10.1 Å². The zero-order valence-corrected chi connectivity index (χ0v) is 12.9. The van der Waals surface area contributed by atoms with Gasteiger partial charge in [0.2, 0.25) is 0 Å². The molecule has 1 atom stereocenters. The molecule has 0 saturated carbocycles. The minimum absolute atomic E-state index is 0.291. The quantitative estimate of drug-likeness (QED) is 0.796. The Morgan fingerprint density at radius 2 is 2.13 bits per heavy atom. The molecule has 0 aliphatic carbocycles. The molecule has 0 amide bonds. The van der Waals surface area contributed by atoms with E-state index in [1.807, 2.05) is 13.0 Å². The van der Waals surface area contributed by atoms with Crippen molar-refractivity contribution in [1.29, 1.82) is 0 Å². The van der Waals surface area contributed by atoms with Crippen LogP contribution in [-0.4, -0.2) is 26.4 Å². The van der Waals surface area contributed by atoms with Crippen LogP contribution in [-0.2, 0) is 6.42 Å². The Hall–Kier alpha value is -2.96. The van der Waals surface area contributed by atoms with Gasteiger partial charge in [0.15, 0.2) is 11.6 Å². The summed E-state index contributed by atoms with van der Waals surface area (Å²) in [6.07, 6.45) is 2.54. The maximum Gasteiger partial charge on any atom is 0.252 e. The lowest BCUT2D eigenvalue weighted by Crippen LogP contribution is -2.26. The fraction of sp³-hybridized carbons (Fsp3) is 0.250. The van der Waals surface area contributed by atoms with Gasteiger partial charge < -0.3 is 14.7 Å². The third-order valence-corrected chi connectivity index (χ3v) is 3.85. The van der Waals surface area contributed by atoms with Crippen molar-refractivity contribution in [2.45, 2.75) is 26.3 Å². The summed E-state index contributed by atoms with van der Waals surface area (Å²) in [4.78, 5) is 6.68. The molecule has 1 N–H and O–H groups in total. The second kappa shape index (κ2) is 5.35. The average Bonchev–Trinajstić information content (AvgIpc) is 3.09. The maximum absolute atomic E-state index is 5.04. The molecule has 0 saturated heterocycles. The smallest absolute Gasteiger partial charge is 0.252 e. The molecule has 1 aromatic carbocycles. The maximum atomic E-state index is 5.04. The second-order valence-electron chi connectivity index (χ2n) is 5.64. The lowest BCUT2D eigenvalue weighted by Gasteiger charge is -2.22. The van der Waals surface area contributed by atoms with E-state index in [0.29, 0.717) is 23.6 Å². The van der Waals surface area contributed by atoms with E-state index in [-0.39, 0.29) is 0 Å². The monoisotopic (exact) mass is 308 g/mol. The van der Waals surface area contributed by atoms with E-state index in [4.69, 9.17) is 4.52 Å². The fourth-order valence-corrected chi connectivity index (χ4v) is 2.88. The highest BCUT2D eigenvalue weighted by Gasteiger charge is 2.29. The van der Waals surface area contributed by atoms with E-state index in [1.165, 1.54) is 5.56 Å². The molecule has 0 radical (unpaired) electrons. The van der Waals surface area contributed by atoms with Gasteiger partial charge in [-0.25, -0.2) is 0 Å². The van der Waals surface area contributed by atoms with E-state index in [9.17, 15) is 0 Å². The normalized spacial score (nSPS) is 16.4. The van der Waals surface area contributed by atoms with Crippen LogP contribution in [0.3, 0.4) is 0 Å². The van der Waals surface area contributed by atoms with Crippen LogP contribution in [0, 0.1) is 6.92 Å². The molecule has 0 spiro atoms. The van der Waals surface area contributed by atoms with Crippen molar-refractivity contribution in [1.82, 2.24) is 20.3 Å². The van der Waals surface area contributed by atoms with Crippen LogP contribution in [0.4, 0.5) is 23.3 Å². The molecule has 116 valence electrons. The van der Waals surface area contributed by atoms with Crippen LogP contribution < -0.4 is 10.2 Å². The average molecular weight is 308 g/mol. The Morgan fingerprint density at radius 3 is 2.96 bits per heavy atom. The number of aryl methyl sites for hydroxylation is 1. The molecule has 2 aromatic heterocycles. The fourth-order valence-electron chi connectivity index (χ4n) is 2.88. The molecular formula is C16H16N6O. The van der Waals surface area contributed by atoms with Crippen molar-refractivity contribution >= 4 is 23.3 Å². The zero-order chi connectivity index (χ0) is 15.8. The molecule has 0 bridgehead atoms. The molecule has 23 heavy (non-hydrogen) atoms. The first-order valence-electron chi connectivity index (χ1n) is 7.48. The number of nitrogens with zero attached hydrogens (tertiary/aromatic N) is 5. The van der Waals surface area contributed by atoms with Crippen molar-refractivity contribution in [3.63, 3.8) is 0 Å². The van der Waals surface area contributed by atoms with Crippen molar-refractivity contribution < 1.29 is 4.52 Å². The van der Waals surface area contributed by atoms with Crippen LogP contribution in [0.15, 0.2) is 41.1 Å². The van der Waals surface area contributed by atoms with E-state index in [2.05, 4.69) is 55.7 Å². The second-order valence-corrected chi connectivity index (χ2v) is 5.64. The largest absolute Gasteiger partial charge is 0.360 e. The standard InChI is InChI=1S/C16H16N6O/c1-10-7-12-5-3-4-6-13(12)22(10)16-19-15(9-17-20-16)18-14-8-11(2)23-21-14/h3-6,8-10H,7H2,1-2H3,(H,18,19,20,21). The predicted molar refractivity (Wildman–Crippen MR) is 86.1 cm³/mol. The van der Waals surface area contributed by atoms with Gasteiger partial charge in [-0.1, -0.05) is 23.4 Å². The van der Waals surface area contributed by atoms with Crippen LogP contribution in [0.25, 0.3) is 0 Å². The van der Waals surface area contributed by atoms with E-state index in [0.717, 1.165) is 17.9 Å². The molecule has 7 heteroatoms. The summed E-state index contributed by atoms with van der Waals surface area (Å²) in [5.41, 5.74) is 2.44. The number of fused-ring (bicyclic) bond motifs is 1. The topological polar surface area (TPSA) is 80.0 Å². The van der Waals surface area contributed by atoms with Crippen LogP contribution in [0.2, 0.25) is 0 Å². The summed E-state index contributed by atoms with van der Waals surface area (Å²) in [7, 11) is 0. The highest BCUT2D eigenvalue weighted by Crippen LogP contribution is 2.36. The van der Waals surface area contributed by atoms with Gasteiger partial charge >= 0.3 is 0 Å². The Morgan fingerprint density at radius 1 is 1.26 bits per heavy atom. The van der Waals surface area contributed by atoms with Crippen LogP contribution in [0.5, 0.6) is 0 Å². The van der Waals surface area contributed by atoms with Crippen molar-refractivity contribution in [2.75, 3.05) is 10.2 Å². The summed E-state index contributed by atoms with van der Waals surface area (Å²) in [5, 5.41) is 15.2. The predicted octanol–water partition coefficient (Wildman–Crippen LogP) is 2.99. The zero-order valence-electron chi connectivity index (χ0n) is 12.9. The number of aromatic nitrogens is 4. The third-order valence-electron chi connectivity index (χ3n) is 3.85. The molecular weight excluding hydrogens is 292 g/mol. The van der Waals surface area contributed by atoms with E-state index >= 15 is 0 Å². The van der Waals surface area contributed by atoms with Gasteiger partial charge in [0, 0.05) is 17.8 Å². The number of hydrogen-bond donors (Lipinski definition) is 1. The number of benzene rings is 1. The van der Waals surface area contributed by atoms with E-state index < -0.39 is 0 Å². The first-order chi connectivity index (χ1) is 11.2. The Balaban J connectivity index is 1.66. The lowest BCUT2D eigenvalue weighted by molar-refractivity contribution is 0.400. The van der Waals surface area contributed by atoms with Gasteiger partial charge in [0.1, 0.15) is 5.76 Å². The molecule has 0 fully saturated rings. The number of rotatable bonds is 3. The number of para-hydroxylation sites is 1. The number of hydrogen-bond acceptors (Lipinski definition) is 7. The highest BCUT2D eigenvalue weighted by molar-refractivity contribution is 5.67. The van der Waals surface area contributed by atoms with Crippen molar-refractivity contribution in [2.24, 2.45) is 0 Å². The summed E-state index contributed by atoms with van der Waals surface area (Å²) in [5.74, 6) is 2.49. The summed E-state index contributed by atoms with van der Waals surface area (Å²) >= 11 is 0. The van der Waals surface area contributed by atoms with Gasteiger partial charge in [0.25, 0.3) is 5.95 Å². The van der Waals surface area contributed by atoms with Gasteiger partial charge in [-0.3, -0.25) is 0 Å². The Labute approximate surface area is 133 Å². The molecule has 3 heterocycles.